The number of fused-ring (bicyclic) bond motifs is 1. The summed E-state index contributed by atoms with van der Waals surface area (Å²) in [6.45, 7) is 2.20. The summed E-state index contributed by atoms with van der Waals surface area (Å²) in [4.78, 5) is 27.6. The van der Waals surface area contributed by atoms with Crippen molar-refractivity contribution in [1.82, 2.24) is 4.90 Å². The van der Waals surface area contributed by atoms with E-state index in [1.807, 2.05) is 6.92 Å². The second-order valence-electron chi connectivity index (χ2n) is 7.22. The fourth-order valence-corrected chi connectivity index (χ4v) is 4.02. The van der Waals surface area contributed by atoms with Gasteiger partial charge in [-0.1, -0.05) is 24.6 Å². The van der Waals surface area contributed by atoms with Crippen LogP contribution in [0.1, 0.15) is 35.5 Å². The highest BCUT2D eigenvalue weighted by atomic mass is 35.5. The van der Waals surface area contributed by atoms with Gasteiger partial charge in [-0.2, -0.15) is 0 Å². The van der Waals surface area contributed by atoms with Crippen LogP contribution in [0.2, 0.25) is 5.02 Å². The van der Waals surface area contributed by atoms with Crippen LogP contribution in [-0.4, -0.2) is 40.5 Å². The average molecular weight is 442 g/mol. The number of phenolic OH excluding ortho intramolecular Hbond substituents is 1. The number of phenols is 1. The molecule has 0 bridgehead atoms. The number of carbonyl (C=O) groups excluding carboxylic acids is 2. The summed E-state index contributed by atoms with van der Waals surface area (Å²) in [6.07, 6.45) is 0.613. The molecule has 0 aliphatic carbocycles. The van der Waals surface area contributed by atoms with Gasteiger partial charge in [0.05, 0.1) is 18.7 Å². The maximum absolute atomic E-state index is 13.4. The van der Waals surface area contributed by atoms with Crippen LogP contribution < -0.4 is 4.74 Å². The Morgan fingerprint density at radius 3 is 2.65 bits per heavy atom. The average Bonchev–Trinajstić information content (AvgIpc) is 3.27. The number of aliphatic hydroxyl groups is 1. The minimum absolute atomic E-state index is 0.0206. The first-order valence-corrected chi connectivity index (χ1v) is 10.1. The van der Waals surface area contributed by atoms with Gasteiger partial charge in [-0.3, -0.25) is 9.59 Å². The third kappa shape index (κ3) is 3.51. The Labute approximate surface area is 183 Å². The molecule has 1 aromatic heterocycles. The number of furan rings is 1. The standard InChI is InChI=1S/C23H20ClNO6/c1-3-8-25-20(12-4-6-17(30-2)15(26)10-12)19(22(28)23(25)29)21(27)18-11-13-9-14(24)5-7-16(13)31-18/h4-7,9-11,20,26,28H,3,8H2,1-2H3. The van der Waals surface area contributed by atoms with E-state index >= 15 is 0 Å². The van der Waals surface area contributed by atoms with Gasteiger partial charge < -0.3 is 24.3 Å². The molecule has 160 valence electrons. The number of nitrogens with zero attached hydrogens (tertiary/aromatic N) is 1. The van der Waals surface area contributed by atoms with Crippen LogP contribution in [0.3, 0.4) is 0 Å². The number of methoxy groups -OCH3 is 1. The quantitative estimate of drug-likeness (QED) is 0.533. The number of ketones is 1. The van der Waals surface area contributed by atoms with Gasteiger partial charge in [0.1, 0.15) is 5.58 Å². The van der Waals surface area contributed by atoms with Gasteiger partial charge in [-0.25, -0.2) is 0 Å². The fourth-order valence-electron chi connectivity index (χ4n) is 3.84. The highest BCUT2D eigenvalue weighted by Crippen LogP contribution is 2.42. The Bertz CT molecular complexity index is 1230. The van der Waals surface area contributed by atoms with Crippen molar-refractivity contribution in [3.05, 3.63) is 70.1 Å². The van der Waals surface area contributed by atoms with Crippen molar-refractivity contribution in [1.29, 1.82) is 0 Å². The first kappa shape index (κ1) is 20.8. The van der Waals surface area contributed by atoms with Gasteiger partial charge in [-0.05, 0) is 48.4 Å². The summed E-state index contributed by atoms with van der Waals surface area (Å²) < 4.78 is 10.7. The summed E-state index contributed by atoms with van der Waals surface area (Å²) in [7, 11) is 1.42. The normalized spacial score (nSPS) is 16.4. The molecule has 1 aliphatic rings. The molecule has 3 aromatic rings. The zero-order valence-electron chi connectivity index (χ0n) is 16.9. The second kappa shape index (κ2) is 8.00. The molecule has 7 nitrogen and oxygen atoms in total. The summed E-state index contributed by atoms with van der Waals surface area (Å²) in [5, 5.41) is 22.0. The van der Waals surface area contributed by atoms with Gasteiger partial charge in [0, 0.05) is 17.0 Å². The molecule has 1 aliphatic heterocycles. The summed E-state index contributed by atoms with van der Waals surface area (Å²) >= 11 is 6.01. The lowest BCUT2D eigenvalue weighted by molar-refractivity contribution is -0.129. The van der Waals surface area contributed by atoms with Gasteiger partial charge in [-0.15, -0.1) is 0 Å². The van der Waals surface area contributed by atoms with Crippen molar-refractivity contribution >= 4 is 34.3 Å². The molecule has 1 unspecified atom stereocenters. The van der Waals surface area contributed by atoms with E-state index < -0.39 is 23.5 Å². The Morgan fingerprint density at radius 2 is 1.97 bits per heavy atom. The van der Waals surface area contributed by atoms with E-state index in [0.29, 0.717) is 34.5 Å². The van der Waals surface area contributed by atoms with Crippen LogP contribution in [0, 0.1) is 0 Å². The van der Waals surface area contributed by atoms with Crippen molar-refractivity contribution in [2.75, 3.05) is 13.7 Å². The molecule has 2 heterocycles. The maximum atomic E-state index is 13.4. The number of rotatable bonds is 6. The predicted molar refractivity (Wildman–Crippen MR) is 115 cm³/mol. The van der Waals surface area contributed by atoms with E-state index in [9.17, 15) is 19.8 Å². The van der Waals surface area contributed by atoms with Crippen LogP contribution in [-0.2, 0) is 4.79 Å². The Hall–Kier alpha value is -3.45. The monoisotopic (exact) mass is 441 g/mol. The van der Waals surface area contributed by atoms with Crippen LogP contribution in [0.25, 0.3) is 11.0 Å². The van der Waals surface area contributed by atoms with Crippen LogP contribution in [0.4, 0.5) is 0 Å². The molecule has 1 amide bonds. The molecule has 0 saturated heterocycles. The number of Topliss-reactive ketones (excluding diaryl/α,β-unsaturated/α-hetero) is 1. The third-order valence-corrected chi connectivity index (χ3v) is 5.47. The number of benzene rings is 2. The Kier molecular flexibility index (Phi) is 5.37. The zero-order valence-corrected chi connectivity index (χ0v) is 17.6. The minimum atomic E-state index is -0.881. The molecular formula is C23H20ClNO6. The molecule has 2 aromatic carbocycles. The third-order valence-electron chi connectivity index (χ3n) is 5.23. The van der Waals surface area contributed by atoms with E-state index in [2.05, 4.69) is 0 Å². The molecule has 4 rings (SSSR count). The molecule has 31 heavy (non-hydrogen) atoms. The van der Waals surface area contributed by atoms with Crippen LogP contribution in [0.5, 0.6) is 11.5 Å². The van der Waals surface area contributed by atoms with Crippen LogP contribution in [0.15, 0.2) is 58.2 Å². The largest absolute Gasteiger partial charge is 0.504 e. The summed E-state index contributed by atoms with van der Waals surface area (Å²) in [5.41, 5.74) is 0.820. The topological polar surface area (TPSA) is 100 Å². The maximum Gasteiger partial charge on any atom is 0.290 e. The molecule has 0 spiro atoms. The van der Waals surface area contributed by atoms with E-state index in [-0.39, 0.29) is 22.8 Å². The number of ether oxygens (including phenoxy) is 1. The second-order valence-corrected chi connectivity index (χ2v) is 7.65. The highest BCUT2D eigenvalue weighted by Gasteiger charge is 2.44. The van der Waals surface area contributed by atoms with E-state index in [4.69, 9.17) is 20.8 Å². The first-order valence-electron chi connectivity index (χ1n) is 9.70. The first-order chi connectivity index (χ1) is 14.8. The molecule has 2 N–H and O–H groups in total. The van der Waals surface area contributed by atoms with Gasteiger partial charge in [0.15, 0.2) is 23.0 Å². The summed E-state index contributed by atoms with van der Waals surface area (Å²) in [6, 6.07) is 10.2. The van der Waals surface area contributed by atoms with Crippen molar-refractivity contribution in [2.24, 2.45) is 0 Å². The highest BCUT2D eigenvalue weighted by molar-refractivity contribution is 6.31. The number of carbonyl (C=O) groups is 2. The number of halogens is 1. The fraction of sp³-hybridized carbons (Fsp3) is 0.217. The zero-order chi connectivity index (χ0) is 22.3. The SMILES string of the molecule is CCCN1C(=O)C(O)=C(C(=O)c2cc3cc(Cl)ccc3o2)C1c1ccc(OC)c(O)c1. The number of hydrogen-bond donors (Lipinski definition) is 2. The number of aliphatic hydroxyl groups excluding tert-OH is 1. The molecule has 0 radical (unpaired) electrons. The van der Waals surface area contributed by atoms with Crippen molar-refractivity contribution in [3.8, 4) is 11.5 Å². The number of amides is 1. The molecule has 1 atom stereocenters. The number of hydrogen-bond acceptors (Lipinski definition) is 6. The molecule has 0 fully saturated rings. The van der Waals surface area contributed by atoms with Gasteiger partial charge in [0.2, 0.25) is 5.78 Å². The lowest BCUT2D eigenvalue weighted by atomic mass is 9.94. The lowest BCUT2D eigenvalue weighted by Gasteiger charge is -2.26. The lowest BCUT2D eigenvalue weighted by Crippen LogP contribution is -2.31. The van der Waals surface area contributed by atoms with Crippen LogP contribution >= 0.6 is 11.6 Å². The minimum Gasteiger partial charge on any atom is -0.504 e. The molecule has 0 saturated carbocycles. The van der Waals surface area contributed by atoms with Crippen molar-refractivity contribution < 1.29 is 29.0 Å². The molecular weight excluding hydrogens is 422 g/mol. The smallest absolute Gasteiger partial charge is 0.290 e. The van der Waals surface area contributed by atoms with Gasteiger partial charge >= 0.3 is 0 Å². The van der Waals surface area contributed by atoms with E-state index in [1.165, 1.54) is 24.1 Å². The predicted octanol–water partition coefficient (Wildman–Crippen LogP) is 4.79. The Balaban J connectivity index is 1.82. The van der Waals surface area contributed by atoms with E-state index in [1.54, 1.807) is 30.3 Å². The Morgan fingerprint density at radius 1 is 1.19 bits per heavy atom. The van der Waals surface area contributed by atoms with Gasteiger partial charge in [0.25, 0.3) is 5.91 Å². The number of aromatic hydroxyl groups is 1. The molecule has 8 heteroatoms. The van der Waals surface area contributed by atoms with E-state index in [0.717, 1.165) is 0 Å². The van der Waals surface area contributed by atoms with Crippen molar-refractivity contribution in [3.63, 3.8) is 0 Å². The van der Waals surface area contributed by atoms with Crippen molar-refractivity contribution in [2.45, 2.75) is 19.4 Å². The summed E-state index contributed by atoms with van der Waals surface area (Å²) in [5.74, 6) is -1.79.